The van der Waals surface area contributed by atoms with Gasteiger partial charge in [0.05, 0.1) is 31.5 Å². The van der Waals surface area contributed by atoms with Gasteiger partial charge in [0.25, 0.3) is 5.91 Å². The van der Waals surface area contributed by atoms with E-state index in [4.69, 9.17) is 28.2 Å². The molecule has 1 spiro atoms. The van der Waals surface area contributed by atoms with Gasteiger partial charge in [-0.3, -0.25) is 19.6 Å². The molecule has 0 bridgehead atoms. The number of nitrogens with one attached hydrogen (secondary N) is 1. The van der Waals surface area contributed by atoms with Crippen LogP contribution in [0.1, 0.15) is 54.4 Å². The molecule has 0 radical (unpaired) electrons. The number of nitrogens with zero attached hydrogens (tertiary/aromatic N) is 2. The molecule has 1 aromatic carbocycles. The second-order valence-corrected chi connectivity index (χ2v) is 13.8. The average Bonchev–Trinajstić information content (AvgIpc) is 2.94. The van der Waals surface area contributed by atoms with Crippen LogP contribution < -0.4 is 5.32 Å². The summed E-state index contributed by atoms with van der Waals surface area (Å²) in [5, 5.41) is 13.2. The summed E-state index contributed by atoms with van der Waals surface area (Å²) in [5.41, 5.74) is 1.67. The van der Waals surface area contributed by atoms with Crippen LogP contribution in [0.2, 0.25) is 10.0 Å². The van der Waals surface area contributed by atoms with Crippen molar-refractivity contribution in [3.63, 3.8) is 0 Å². The van der Waals surface area contributed by atoms with Gasteiger partial charge in [-0.15, -0.1) is 23.5 Å². The molecule has 1 amide bonds. The van der Waals surface area contributed by atoms with Crippen LogP contribution in [-0.4, -0.2) is 55.6 Å². The number of hydrogen-bond donors (Lipinski definition) is 2. The summed E-state index contributed by atoms with van der Waals surface area (Å²) in [6, 6.07) is 5.97. The fraction of sp³-hybridized carbons (Fsp3) is 0.464. The van der Waals surface area contributed by atoms with E-state index in [-0.39, 0.29) is 38.3 Å². The van der Waals surface area contributed by atoms with Gasteiger partial charge in [-0.1, -0.05) is 54.6 Å². The van der Waals surface area contributed by atoms with Crippen LogP contribution in [0.5, 0.6) is 0 Å². The predicted molar refractivity (Wildman–Crippen MR) is 159 cm³/mol. The third-order valence-electron chi connectivity index (χ3n) is 7.67. The van der Waals surface area contributed by atoms with E-state index in [0.29, 0.717) is 5.69 Å². The van der Waals surface area contributed by atoms with Crippen LogP contribution in [0.4, 0.5) is 5.69 Å². The van der Waals surface area contributed by atoms with Crippen molar-refractivity contribution in [3.05, 3.63) is 57.8 Å². The number of carbonyl (C=O) groups is 3. The van der Waals surface area contributed by atoms with Crippen LogP contribution in [-0.2, 0) is 16.0 Å². The first-order valence-electron chi connectivity index (χ1n) is 13.1. The summed E-state index contributed by atoms with van der Waals surface area (Å²) in [6.45, 7) is 0. The summed E-state index contributed by atoms with van der Waals surface area (Å²) >= 11 is 15.8. The van der Waals surface area contributed by atoms with E-state index >= 15 is 0 Å². The summed E-state index contributed by atoms with van der Waals surface area (Å²) < 4.78 is 0.122. The Morgan fingerprint density at radius 3 is 2.31 bits per heavy atom. The van der Waals surface area contributed by atoms with E-state index < -0.39 is 23.3 Å². The van der Waals surface area contributed by atoms with Gasteiger partial charge in [0.15, 0.2) is 11.8 Å². The number of aliphatic carboxylic acids is 1. The summed E-state index contributed by atoms with van der Waals surface area (Å²) in [7, 11) is 0. The molecule has 2 N–H and O–H groups in total. The molecule has 39 heavy (non-hydrogen) atoms. The molecule has 2 aliphatic carbocycles. The Bertz CT molecular complexity index is 1270. The molecule has 1 aliphatic heterocycles. The summed E-state index contributed by atoms with van der Waals surface area (Å²) in [6.07, 6.45) is 8.62. The average molecular weight is 607 g/mol. The molecule has 3 fully saturated rings. The van der Waals surface area contributed by atoms with Gasteiger partial charge < -0.3 is 10.4 Å². The highest BCUT2D eigenvalue weighted by Gasteiger charge is 2.61. The number of rotatable bonds is 7. The Kier molecular flexibility index (Phi) is 8.91. The maximum atomic E-state index is 13.5. The van der Waals surface area contributed by atoms with Crippen LogP contribution in [0, 0.1) is 11.3 Å². The zero-order chi connectivity index (χ0) is 27.6. The van der Waals surface area contributed by atoms with Gasteiger partial charge in [-0.25, -0.2) is 4.79 Å². The highest BCUT2D eigenvalue weighted by molar-refractivity contribution is 8.17. The van der Waals surface area contributed by atoms with E-state index in [1.807, 2.05) is 23.5 Å². The van der Waals surface area contributed by atoms with Gasteiger partial charge in [0, 0.05) is 30.2 Å². The molecule has 206 valence electrons. The molecule has 7 nitrogen and oxygen atoms in total. The van der Waals surface area contributed by atoms with Crippen molar-refractivity contribution >= 4 is 75.8 Å². The number of ketones is 1. The van der Waals surface area contributed by atoms with Crippen LogP contribution in [0.15, 0.2) is 41.7 Å². The number of halogens is 2. The zero-order valence-corrected chi connectivity index (χ0v) is 24.3. The number of amides is 1. The van der Waals surface area contributed by atoms with E-state index in [1.54, 1.807) is 24.3 Å². The van der Waals surface area contributed by atoms with E-state index in [9.17, 15) is 19.5 Å². The first kappa shape index (κ1) is 28.5. The summed E-state index contributed by atoms with van der Waals surface area (Å²) in [5.74, 6) is 0.553. The van der Waals surface area contributed by atoms with Gasteiger partial charge >= 0.3 is 5.97 Å². The lowest BCUT2D eigenvalue weighted by atomic mass is 9.53. The molecule has 2 heterocycles. The second kappa shape index (κ2) is 12.2. The van der Waals surface area contributed by atoms with Gasteiger partial charge in [-0.2, -0.15) is 0 Å². The molecule has 3 aliphatic rings. The number of carboxylic acid groups (broad SMARTS) is 1. The molecule has 11 heteroatoms. The first-order chi connectivity index (χ1) is 18.8. The lowest BCUT2D eigenvalue weighted by molar-refractivity contribution is -0.139. The minimum Gasteiger partial charge on any atom is -0.480 e. The number of aromatic nitrogens is 1. The maximum Gasteiger partial charge on any atom is 0.328 e. The van der Waals surface area contributed by atoms with Gasteiger partial charge in [-0.05, 0) is 48.5 Å². The summed E-state index contributed by atoms with van der Waals surface area (Å²) in [4.78, 5) is 47.3. The minimum absolute atomic E-state index is 0.122. The Balaban J connectivity index is 1.34. The Morgan fingerprint density at radius 1 is 1.05 bits per heavy atom. The SMILES string of the molecule is O=C(Nc1ccc(C[C@H](N=C2C(C3SCCCS3)C(=O)C23CCCCC3)C(=O)O)cc1)c1c(Cl)cncc1Cl. The van der Waals surface area contributed by atoms with Crippen molar-refractivity contribution in [1.29, 1.82) is 0 Å². The number of hydrogen-bond acceptors (Lipinski definition) is 7. The lowest BCUT2D eigenvalue weighted by Gasteiger charge is -2.52. The molecule has 1 unspecified atom stereocenters. The largest absolute Gasteiger partial charge is 0.480 e. The van der Waals surface area contributed by atoms with E-state index in [0.717, 1.165) is 61.3 Å². The van der Waals surface area contributed by atoms with Crippen LogP contribution >= 0.6 is 46.7 Å². The van der Waals surface area contributed by atoms with Gasteiger partial charge in [0.1, 0.15) is 0 Å². The van der Waals surface area contributed by atoms with Crippen molar-refractivity contribution in [1.82, 2.24) is 4.98 Å². The number of pyridine rings is 1. The standard InChI is InChI=1S/C28H29Cl2N3O4S2/c29-18-14-31-15-19(30)21(18)25(35)32-17-7-5-16(6-8-17)13-20(26(36)37)33-23-22(27-38-11-4-12-39-27)24(34)28(23)9-2-1-3-10-28/h5-8,14-15,20,22,27H,1-4,9-13H2,(H,32,35)(H,36,37)/t20-,22?/m0/s1. The smallest absolute Gasteiger partial charge is 0.328 e. The zero-order valence-electron chi connectivity index (χ0n) is 21.2. The predicted octanol–water partition coefficient (Wildman–Crippen LogP) is 6.42. The topological polar surface area (TPSA) is 109 Å². The molecular weight excluding hydrogens is 577 g/mol. The third kappa shape index (κ3) is 5.87. The number of Topliss-reactive ketones (excluding diaryl/α,β-unsaturated/α-hetero) is 1. The van der Waals surface area contributed by atoms with Crippen molar-refractivity contribution in [2.45, 2.75) is 55.6 Å². The van der Waals surface area contributed by atoms with Crippen molar-refractivity contribution in [3.8, 4) is 0 Å². The fourth-order valence-electron chi connectivity index (χ4n) is 5.71. The third-order valence-corrected chi connectivity index (χ3v) is 11.3. The molecule has 2 aromatic rings. The maximum absolute atomic E-state index is 13.5. The second-order valence-electron chi connectivity index (χ2n) is 10.1. The highest BCUT2D eigenvalue weighted by atomic mass is 35.5. The number of aliphatic imine (C=N–C) groups is 1. The number of anilines is 1. The normalized spacial score (nSPS) is 22.9. The number of thioether (sulfide) groups is 2. The quantitative estimate of drug-likeness (QED) is 0.374. The van der Waals surface area contributed by atoms with Crippen molar-refractivity contribution in [2.24, 2.45) is 16.3 Å². The van der Waals surface area contributed by atoms with Crippen LogP contribution in [0.3, 0.4) is 0 Å². The molecule has 5 rings (SSSR count). The Morgan fingerprint density at radius 2 is 1.69 bits per heavy atom. The molecule has 2 atom stereocenters. The molecule has 2 saturated carbocycles. The molecule has 1 aromatic heterocycles. The first-order valence-corrected chi connectivity index (χ1v) is 15.9. The number of carboxylic acids is 1. The van der Waals surface area contributed by atoms with E-state index in [2.05, 4.69) is 10.3 Å². The van der Waals surface area contributed by atoms with Crippen molar-refractivity contribution < 1.29 is 19.5 Å². The van der Waals surface area contributed by atoms with E-state index in [1.165, 1.54) is 12.4 Å². The fourth-order valence-corrected chi connectivity index (χ4v) is 9.36. The Hall–Kier alpha value is -2.07. The highest BCUT2D eigenvalue weighted by Crippen LogP contribution is 2.55. The van der Waals surface area contributed by atoms with Crippen molar-refractivity contribution in [2.75, 3.05) is 16.8 Å². The molecular formula is C28H29Cl2N3O4S2. The van der Waals surface area contributed by atoms with Crippen LogP contribution in [0.25, 0.3) is 0 Å². The molecule has 1 saturated heterocycles. The lowest BCUT2D eigenvalue weighted by Crippen LogP contribution is -2.63. The van der Waals surface area contributed by atoms with Gasteiger partial charge in [0.2, 0.25) is 0 Å². The Labute approximate surface area is 245 Å². The monoisotopic (exact) mass is 605 g/mol. The minimum atomic E-state index is -1.00. The number of carbonyl (C=O) groups excluding carboxylic acids is 2. The number of benzene rings is 1.